The first-order valence-electron chi connectivity index (χ1n) is 20.5. The van der Waals surface area contributed by atoms with Gasteiger partial charge in [0.2, 0.25) is 0 Å². The lowest BCUT2D eigenvalue weighted by molar-refractivity contribution is -0.929. The zero-order chi connectivity index (χ0) is 34.9. The van der Waals surface area contributed by atoms with Gasteiger partial charge in [-0.25, -0.2) is 14.4 Å². The molecule has 0 atom stereocenters. The second kappa shape index (κ2) is 37.8. The van der Waals surface area contributed by atoms with E-state index in [1.165, 1.54) is 101 Å². The van der Waals surface area contributed by atoms with Crippen molar-refractivity contribution in [2.24, 2.45) is 0 Å². The molecule has 0 unspecified atom stereocenters. The highest BCUT2D eigenvalue weighted by molar-refractivity contribution is 5.97. The lowest BCUT2D eigenvalue weighted by Gasteiger charge is -2.39. The number of unbranched alkanes of at least 4 members (excludes halogenated alkanes) is 16. The molecule has 0 aliphatic rings. The topological polar surface area (TPSA) is 51.2 Å². The van der Waals surface area contributed by atoms with Crippen LogP contribution in [0.25, 0.3) is 0 Å². The smallest absolute Gasteiger partial charge is 0.328 e. The van der Waals surface area contributed by atoms with Gasteiger partial charge in [0, 0.05) is 0 Å². The van der Waals surface area contributed by atoms with Crippen LogP contribution in [0.1, 0.15) is 215 Å². The van der Waals surface area contributed by atoms with E-state index >= 15 is 0 Å². The van der Waals surface area contributed by atoms with E-state index in [2.05, 4.69) is 48.5 Å². The van der Waals surface area contributed by atoms with Crippen LogP contribution >= 0.6 is 0 Å². The van der Waals surface area contributed by atoms with E-state index in [-0.39, 0.29) is 42.5 Å². The third kappa shape index (κ3) is 26.3. The number of imide groups is 3. The first kappa shape index (κ1) is 54.3. The van der Waals surface area contributed by atoms with E-state index in [0.29, 0.717) is 19.3 Å². The highest BCUT2D eigenvalue weighted by Crippen LogP contribution is 2.20. The maximum absolute atomic E-state index is 13.0. The summed E-state index contributed by atoms with van der Waals surface area (Å²) in [5.41, 5.74) is 0. The molecule has 3 amide bonds. The predicted molar refractivity (Wildman–Crippen MR) is 201 cm³/mol. The van der Waals surface area contributed by atoms with Gasteiger partial charge in [0.1, 0.15) is 0 Å². The number of carbonyl (C=O) groups excluding carboxylic acids is 3. The third-order valence-electron chi connectivity index (χ3n) is 9.92. The van der Waals surface area contributed by atoms with Crippen LogP contribution in [0.4, 0.5) is 0 Å². The van der Waals surface area contributed by atoms with E-state index in [9.17, 15) is 14.4 Å². The fourth-order valence-electron chi connectivity index (χ4n) is 6.37. The van der Waals surface area contributed by atoms with Gasteiger partial charge in [-0.3, -0.25) is 0 Å². The van der Waals surface area contributed by atoms with Crippen molar-refractivity contribution < 1.29 is 48.2 Å². The van der Waals surface area contributed by atoms with Crippen LogP contribution in [0.5, 0.6) is 0 Å². The summed E-state index contributed by atoms with van der Waals surface area (Å²) < 4.78 is 0.818. The number of carbonyl (C=O) groups is 3. The molecule has 0 radical (unpaired) electrons. The zero-order valence-corrected chi connectivity index (χ0v) is 35.1. The molecular formula is C41H84Cl2N2O3. The van der Waals surface area contributed by atoms with Gasteiger partial charge in [0.25, 0.3) is 0 Å². The van der Waals surface area contributed by atoms with Crippen molar-refractivity contribution >= 4 is 17.7 Å². The highest BCUT2D eigenvalue weighted by Gasteiger charge is 2.45. The highest BCUT2D eigenvalue weighted by atomic mass is 35.5. The third-order valence-corrected chi connectivity index (χ3v) is 9.92. The average Bonchev–Trinajstić information content (AvgIpc) is 3.06. The van der Waals surface area contributed by atoms with E-state index in [0.717, 1.165) is 77.0 Å². The number of rotatable bonds is 30. The Bertz CT molecular complexity index is 630. The average molecular weight is 724 g/mol. The Morgan fingerprint density at radius 1 is 0.333 bits per heavy atom. The van der Waals surface area contributed by atoms with Crippen LogP contribution in [0.15, 0.2) is 0 Å². The minimum Gasteiger partial charge on any atom is -1.00 e. The molecule has 0 saturated carbocycles. The normalized spacial score (nSPS) is 11.2. The van der Waals surface area contributed by atoms with Gasteiger partial charge in [-0.1, -0.05) is 151 Å². The van der Waals surface area contributed by atoms with Crippen molar-refractivity contribution in [1.29, 1.82) is 0 Å². The molecule has 48 heavy (non-hydrogen) atoms. The Morgan fingerprint density at radius 2 is 0.542 bits per heavy atom. The van der Waals surface area contributed by atoms with Crippen LogP contribution in [0.3, 0.4) is 0 Å². The first-order valence-corrected chi connectivity index (χ1v) is 20.5. The van der Waals surface area contributed by atoms with Crippen LogP contribution in [0.2, 0.25) is 0 Å². The van der Waals surface area contributed by atoms with Gasteiger partial charge < -0.3 is 29.3 Å². The molecule has 0 bridgehead atoms. The van der Waals surface area contributed by atoms with Gasteiger partial charge in [0.05, 0.1) is 52.5 Å². The van der Waals surface area contributed by atoms with Crippen LogP contribution in [-0.4, -0.2) is 59.9 Å². The number of amides is 3. The minimum atomic E-state index is -0.602. The summed E-state index contributed by atoms with van der Waals surface area (Å²) in [6.07, 6.45) is 27.7. The molecule has 0 rings (SSSR count). The Labute approximate surface area is 313 Å². The summed E-state index contributed by atoms with van der Waals surface area (Å²) in [5.74, 6) is -0.587. The first-order chi connectivity index (χ1) is 22.2. The number of halogens is 2. The van der Waals surface area contributed by atoms with Crippen molar-refractivity contribution in [3.63, 3.8) is 0 Å². The predicted octanol–water partition coefficient (Wildman–Crippen LogP) is 6.11. The standard InChI is InChI=1S/C25H48NO3.C16H36N.2ClH/c1-5-8-11-14-17-20-23(27)26(4,24(28)21-18-15-12-9-6-2)25(29)22-19-16-13-10-7-3;1-5-9-13-17(14-10-6-2,15-11-7-3)16-12-8-4;;/h5-22H2,1-4H3;5-16H2,1-4H3;2*1H/q2*+1;;/p-2. The molecule has 5 nitrogen and oxygen atoms in total. The summed E-state index contributed by atoms with van der Waals surface area (Å²) in [4.78, 5) is 38.9. The molecule has 0 saturated heterocycles. The Kier molecular flexibility index (Phi) is 42.7. The molecule has 0 aromatic rings. The van der Waals surface area contributed by atoms with Crippen molar-refractivity contribution in [2.75, 3.05) is 33.2 Å². The Balaban J connectivity index is -0.000000438. The molecule has 0 N–H and O–H groups in total. The van der Waals surface area contributed by atoms with Crippen molar-refractivity contribution in [1.82, 2.24) is 0 Å². The molecule has 0 aliphatic carbocycles. The van der Waals surface area contributed by atoms with Crippen LogP contribution < -0.4 is 24.8 Å². The molecule has 0 fully saturated rings. The van der Waals surface area contributed by atoms with E-state index in [1.54, 1.807) is 7.05 Å². The fraction of sp³-hybridized carbons (Fsp3) is 0.927. The van der Waals surface area contributed by atoms with Crippen molar-refractivity contribution in [3.8, 4) is 0 Å². The van der Waals surface area contributed by atoms with E-state index in [1.807, 2.05) is 0 Å². The van der Waals surface area contributed by atoms with E-state index in [4.69, 9.17) is 0 Å². The molecular weight excluding hydrogens is 639 g/mol. The quantitative estimate of drug-likeness (QED) is 0.0665. The summed E-state index contributed by atoms with van der Waals surface area (Å²) in [7, 11) is 1.57. The van der Waals surface area contributed by atoms with Gasteiger partial charge in [-0.2, -0.15) is 0 Å². The molecule has 0 aliphatic heterocycles. The Hall–Kier alpha value is -0.490. The summed E-state index contributed by atoms with van der Waals surface area (Å²) >= 11 is 0. The monoisotopic (exact) mass is 723 g/mol. The Morgan fingerprint density at radius 3 is 0.750 bits per heavy atom. The SMILES string of the molecule is CCCCCCCC(=O)[N+](C)(C(=O)CCCCCCC)C(=O)CCCCCCC.CCCC[N+](CCCC)(CCCC)CCCC.[Cl-].[Cl-]. The molecule has 0 aromatic carbocycles. The minimum absolute atomic E-state index is 0. The number of quaternary nitrogens is 2. The zero-order valence-electron chi connectivity index (χ0n) is 33.6. The summed E-state index contributed by atoms with van der Waals surface area (Å²) in [6, 6.07) is 0. The maximum atomic E-state index is 13.0. The fourth-order valence-corrected chi connectivity index (χ4v) is 6.37. The maximum Gasteiger partial charge on any atom is 0.328 e. The number of hydrogen-bond donors (Lipinski definition) is 0. The number of nitrogens with zero attached hydrogens (tertiary/aromatic N) is 2. The van der Waals surface area contributed by atoms with Crippen LogP contribution in [-0.2, 0) is 14.4 Å². The molecule has 7 heteroatoms. The van der Waals surface area contributed by atoms with Gasteiger partial charge in [0.15, 0.2) is 0 Å². The molecule has 0 aromatic heterocycles. The second-order valence-electron chi connectivity index (χ2n) is 14.3. The summed E-state index contributed by atoms with van der Waals surface area (Å²) in [6.45, 7) is 21.5. The largest absolute Gasteiger partial charge is 1.00 e. The number of hydrogen-bond acceptors (Lipinski definition) is 3. The van der Waals surface area contributed by atoms with Crippen molar-refractivity contribution in [2.45, 2.75) is 215 Å². The second-order valence-corrected chi connectivity index (χ2v) is 14.3. The van der Waals surface area contributed by atoms with Gasteiger partial charge >= 0.3 is 17.7 Å². The van der Waals surface area contributed by atoms with Gasteiger partial charge in [-0.15, -0.1) is 4.48 Å². The summed E-state index contributed by atoms with van der Waals surface area (Å²) in [5, 5.41) is 0. The van der Waals surface area contributed by atoms with Crippen molar-refractivity contribution in [3.05, 3.63) is 0 Å². The lowest BCUT2D eigenvalue weighted by Crippen LogP contribution is -3.00. The van der Waals surface area contributed by atoms with E-state index < -0.39 is 4.48 Å². The lowest BCUT2D eigenvalue weighted by atomic mass is 10.1. The molecule has 0 spiro atoms. The van der Waals surface area contributed by atoms with Crippen LogP contribution in [0, 0.1) is 0 Å². The molecule has 290 valence electrons. The molecule has 0 heterocycles. The van der Waals surface area contributed by atoms with Gasteiger partial charge in [-0.05, 0) is 44.9 Å².